The number of nitrogens with zero attached hydrogens (tertiary/aromatic N) is 4. The molecule has 2 aromatic rings. The molecule has 0 aliphatic rings. The Morgan fingerprint density at radius 3 is 1.64 bits per heavy atom. The fourth-order valence-electron chi connectivity index (χ4n) is 0.749. The molecule has 70 valence electrons. The molecule has 0 unspecified atom stereocenters. The molecule has 2 aromatic heterocycles. The molecule has 0 spiro atoms. The third-order valence-electron chi connectivity index (χ3n) is 1.31. The van der Waals surface area contributed by atoms with Crippen molar-refractivity contribution in [3.8, 4) is 0 Å². The molecule has 4 nitrogen and oxygen atoms in total. The highest BCUT2D eigenvalue weighted by molar-refractivity contribution is 8.76. The van der Waals surface area contributed by atoms with Gasteiger partial charge in [-0.2, -0.15) is 10.2 Å². The lowest BCUT2D eigenvalue weighted by Gasteiger charge is -1.96. The first kappa shape index (κ1) is 9.42. The van der Waals surface area contributed by atoms with E-state index in [9.17, 15) is 0 Å². The molecule has 0 radical (unpaired) electrons. The summed E-state index contributed by atoms with van der Waals surface area (Å²) in [4.78, 5) is 0. The lowest BCUT2D eigenvalue weighted by Crippen LogP contribution is -1.82. The normalized spacial score (nSPS) is 10.0. The van der Waals surface area contributed by atoms with E-state index in [0.29, 0.717) is 0 Å². The smallest absolute Gasteiger partial charge is 0.130 e. The van der Waals surface area contributed by atoms with Crippen LogP contribution in [0.1, 0.15) is 0 Å². The lowest BCUT2D eigenvalue weighted by atomic mass is 10.6. The Morgan fingerprint density at radius 1 is 0.786 bits per heavy atom. The van der Waals surface area contributed by atoms with Gasteiger partial charge in [0.2, 0.25) is 0 Å². The summed E-state index contributed by atoms with van der Waals surface area (Å²) in [5.74, 6) is 0. The molecular formula is C8H6N4S2. The summed E-state index contributed by atoms with van der Waals surface area (Å²) < 4.78 is 0. The van der Waals surface area contributed by atoms with E-state index in [-0.39, 0.29) is 0 Å². The van der Waals surface area contributed by atoms with E-state index < -0.39 is 0 Å². The van der Waals surface area contributed by atoms with E-state index >= 15 is 0 Å². The van der Waals surface area contributed by atoms with Gasteiger partial charge in [-0.1, -0.05) is 0 Å². The van der Waals surface area contributed by atoms with E-state index in [1.54, 1.807) is 12.4 Å². The second-order valence-corrected chi connectivity index (χ2v) is 4.46. The first-order valence-electron chi connectivity index (χ1n) is 3.85. The van der Waals surface area contributed by atoms with Crippen molar-refractivity contribution < 1.29 is 0 Å². The van der Waals surface area contributed by atoms with Gasteiger partial charge in [-0.3, -0.25) is 0 Å². The zero-order chi connectivity index (χ0) is 9.64. The summed E-state index contributed by atoms with van der Waals surface area (Å²) in [5.41, 5.74) is 0. The van der Waals surface area contributed by atoms with Gasteiger partial charge in [0.15, 0.2) is 0 Å². The van der Waals surface area contributed by atoms with Crippen LogP contribution in [-0.2, 0) is 0 Å². The largest absolute Gasteiger partial charge is 0.158 e. The molecular weight excluding hydrogens is 216 g/mol. The summed E-state index contributed by atoms with van der Waals surface area (Å²) >= 11 is 0. The van der Waals surface area contributed by atoms with Gasteiger partial charge >= 0.3 is 0 Å². The monoisotopic (exact) mass is 222 g/mol. The van der Waals surface area contributed by atoms with Crippen LogP contribution in [-0.4, -0.2) is 20.4 Å². The average molecular weight is 222 g/mol. The maximum Gasteiger partial charge on any atom is 0.130 e. The van der Waals surface area contributed by atoms with Crippen molar-refractivity contribution in [3.63, 3.8) is 0 Å². The predicted octanol–water partition coefficient (Wildman–Crippen LogP) is 2.07. The fourth-order valence-corrected chi connectivity index (χ4v) is 2.39. The number of rotatable bonds is 3. The molecule has 0 aromatic carbocycles. The van der Waals surface area contributed by atoms with Crippen LogP contribution in [0.15, 0.2) is 46.7 Å². The van der Waals surface area contributed by atoms with Gasteiger partial charge in [-0.15, -0.1) is 10.2 Å². The van der Waals surface area contributed by atoms with E-state index in [0.717, 1.165) is 10.1 Å². The molecule has 0 aliphatic carbocycles. The molecule has 2 rings (SSSR count). The van der Waals surface area contributed by atoms with Crippen LogP contribution >= 0.6 is 21.6 Å². The van der Waals surface area contributed by atoms with Gasteiger partial charge in [-0.25, -0.2) is 0 Å². The van der Waals surface area contributed by atoms with E-state index in [1.165, 1.54) is 21.6 Å². The Labute approximate surface area is 89.0 Å². The third-order valence-corrected chi connectivity index (χ3v) is 3.44. The molecule has 0 N–H and O–H groups in total. The van der Waals surface area contributed by atoms with Gasteiger partial charge in [-0.05, 0) is 45.9 Å². The topological polar surface area (TPSA) is 51.6 Å². The second kappa shape index (κ2) is 4.92. The summed E-state index contributed by atoms with van der Waals surface area (Å²) in [7, 11) is 3.03. The van der Waals surface area contributed by atoms with Gasteiger partial charge in [0.25, 0.3) is 0 Å². The SMILES string of the molecule is c1cnnc(SSc2cccnn2)c1. The van der Waals surface area contributed by atoms with E-state index in [2.05, 4.69) is 20.4 Å². The van der Waals surface area contributed by atoms with Gasteiger partial charge in [0.05, 0.1) is 0 Å². The molecule has 6 heteroatoms. The Balaban J connectivity index is 1.96. The minimum atomic E-state index is 0.864. The third kappa shape index (κ3) is 2.68. The van der Waals surface area contributed by atoms with Crippen molar-refractivity contribution in [2.45, 2.75) is 10.1 Å². The molecule has 0 saturated heterocycles. The summed E-state index contributed by atoms with van der Waals surface area (Å²) in [6.07, 6.45) is 3.30. The summed E-state index contributed by atoms with van der Waals surface area (Å²) in [6.45, 7) is 0. The molecule has 0 saturated carbocycles. The quantitative estimate of drug-likeness (QED) is 0.741. The van der Waals surface area contributed by atoms with E-state index in [4.69, 9.17) is 0 Å². The van der Waals surface area contributed by atoms with Crippen LogP contribution < -0.4 is 0 Å². The Bertz CT molecular complexity index is 342. The molecule has 0 amide bonds. The average Bonchev–Trinajstić information content (AvgIpc) is 2.29. The second-order valence-electron chi connectivity index (χ2n) is 2.29. The fraction of sp³-hybridized carbons (Fsp3) is 0. The van der Waals surface area contributed by atoms with Crippen LogP contribution in [0.5, 0.6) is 0 Å². The Morgan fingerprint density at radius 2 is 1.29 bits per heavy atom. The van der Waals surface area contributed by atoms with Crippen LogP contribution in [0.2, 0.25) is 0 Å². The van der Waals surface area contributed by atoms with E-state index in [1.807, 2.05) is 24.3 Å². The summed E-state index contributed by atoms with van der Waals surface area (Å²) in [6, 6.07) is 7.52. The minimum absolute atomic E-state index is 0.864. The van der Waals surface area contributed by atoms with Crippen LogP contribution in [0, 0.1) is 0 Å². The lowest BCUT2D eigenvalue weighted by molar-refractivity contribution is 0.929. The molecule has 0 aliphatic heterocycles. The van der Waals surface area contributed by atoms with Crippen molar-refractivity contribution in [3.05, 3.63) is 36.7 Å². The summed E-state index contributed by atoms with van der Waals surface area (Å²) in [5, 5.41) is 17.2. The molecule has 2 heterocycles. The minimum Gasteiger partial charge on any atom is -0.158 e. The molecule has 0 atom stereocenters. The Hall–Kier alpha value is -1.14. The number of hydrogen-bond acceptors (Lipinski definition) is 6. The first-order valence-corrected chi connectivity index (χ1v) is 6.00. The predicted molar refractivity (Wildman–Crippen MR) is 55.8 cm³/mol. The highest BCUT2D eigenvalue weighted by atomic mass is 33.1. The number of hydrogen-bond donors (Lipinski definition) is 0. The van der Waals surface area contributed by atoms with Crippen molar-refractivity contribution in [2.24, 2.45) is 0 Å². The van der Waals surface area contributed by atoms with Crippen LogP contribution in [0.25, 0.3) is 0 Å². The Kier molecular flexibility index (Phi) is 3.31. The van der Waals surface area contributed by atoms with Crippen molar-refractivity contribution in [1.82, 2.24) is 20.4 Å². The molecule has 0 bridgehead atoms. The van der Waals surface area contributed by atoms with Crippen LogP contribution in [0.4, 0.5) is 0 Å². The molecule has 14 heavy (non-hydrogen) atoms. The zero-order valence-electron chi connectivity index (χ0n) is 7.07. The van der Waals surface area contributed by atoms with Gasteiger partial charge in [0.1, 0.15) is 10.1 Å². The van der Waals surface area contributed by atoms with Gasteiger partial charge < -0.3 is 0 Å². The van der Waals surface area contributed by atoms with Crippen molar-refractivity contribution in [1.29, 1.82) is 0 Å². The first-order chi connectivity index (χ1) is 6.95. The highest BCUT2D eigenvalue weighted by Crippen LogP contribution is 2.33. The van der Waals surface area contributed by atoms with Crippen molar-refractivity contribution in [2.75, 3.05) is 0 Å². The standard InChI is InChI=1S/C8H6N4S2/c1-3-7(11-9-5-1)13-14-8-4-2-6-10-12-8/h1-6H. The molecule has 0 fully saturated rings. The number of aromatic nitrogens is 4. The zero-order valence-corrected chi connectivity index (χ0v) is 8.70. The highest BCUT2D eigenvalue weighted by Gasteiger charge is 1.98. The maximum atomic E-state index is 3.94. The van der Waals surface area contributed by atoms with Crippen molar-refractivity contribution >= 4 is 21.6 Å². The maximum absolute atomic E-state index is 3.94. The van der Waals surface area contributed by atoms with Gasteiger partial charge in [0, 0.05) is 12.4 Å². The van der Waals surface area contributed by atoms with Crippen LogP contribution in [0.3, 0.4) is 0 Å².